The normalized spacial score (nSPS) is 10.5. The van der Waals surface area contributed by atoms with Gasteiger partial charge in [0.15, 0.2) is 0 Å². The highest BCUT2D eigenvalue weighted by Crippen LogP contribution is 2.17. The number of halogens is 3. The van der Waals surface area contributed by atoms with E-state index >= 15 is 0 Å². The molecule has 8 heteroatoms. The predicted octanol–water partition coefficient (Wildman–Crippen LogP) is 5.88. The van der Waals surface area contributed by atoms with Crippen molar-refractivity contribution in [2.75, 3.05) is 0 Å². The van der Waals surface area contributed by atoms with Crippen LogP contribution in [0.1, 0.15) is 0 Å². The van der Waals surface area contributed by atoms with E-state index < -0.39 is 0 Å². The summed E-state index contributed by atoms with van der Waals surface area (Å²) in [6.45, 7) is 0. The lowest BCUT2D eigenvalue weighted by Crippen LogP contribution is -1.81. The largest absolute Gasteiger partial charge is 0.346 e. The molecule has 1 N–H and O–H groups in total. The van der Waals surface area contributed by atoms with Crippen LogP contribution in [0.3, 0.4) is 0 Å². The first kappa shape index (κ1) is 17.0. The third-order valence-corrected chi connectivity index (χ3v) is 3.94. The van der Waals surface area contributed by atoms with Gasteiger partial charge in [0.05, 0.1) is 11.0 Å². The van der Waals surface area contributed by atoms with Crippen LogP contribution >= 0.6 is 47.0 Å². The number of hydrogen-bond donors (Lipinski definition) is 1. The van der Waals surface area contributed by atoms with Crippen molar-refractivity contribution in [2.24, 2.45) is 0 Å². The molecule has 0 aromatic carbocycles. The quantitative estimate of drug-likeness (QED) is 0.298. The summed E-state index contributed by atoms with van der Waals surface area (Å²) >= 11 is 22.0. The number of H-pyrrole nitrogens is 1. The number of nitrogens with one attached hydrogen (secondary N) is 1. The molecule has 4 aromatic heterocycles. The number of aromatic amines is 1. The van der Waals surface area contributed by atoms with E-state index in [2.05, 4.69) is 19.9 Å². The maximum atomic E-state index is 5.71. The van der Waals surface area contributed by atoms with Gasteiger partial charge in [-0.05, 0) is 30.3 Å². The smallest absolute Gasteiger partial charge is 0.131 e. The number of aromatic nitrogens is 4. The molecule has 4 rings (SSSR count). The Morgan fingerprint density at radius 1 is 0.792 bits per heavy atom. The van der Waals surface area contributed by atoms with E-state index in [1.807, 2.05) is 18.2 Å². The molecule has 0 fully saturated rings. The molecule has 0 saturated heterocycles. The first-order valence-electron chi connectivity index (χ1n) is 6.74. The van der Waals surface area contributed by atoms with Crippen LogP contribution in [-0.4, -0.2) is 19.9 Å². The summed E-state index contributed by atoms with van der Waals surface area (Å²) in [6, 6.07) is 10.8. The van der Waals surface area contributed by atoms with Gasteiger partial charge in [-0.3, -0.25) is 0 Å². The van der Waals surface area contributed by atoms with Crippen molar-refractivity contribution >= 4 is 68.8 Å². The van der Waals surface area contributed by atoms with E-state index in [9.17, 15) is 0 Å². The van der Waals surface area contributed by atoms with E-state index in [1.165, 1.54) is 0 Å². The number of rotatable bonds is 0. The fourth-order valence-corrected chi connectivity index (χ4v) is 2.63. The number of hydrogen-bond acceptors (Lipinski definition) is 4. The van der Waals surface area contributed by atoms with Crippen molar-refractivity contribution in [3.63, 3.8) is 0 Å². The van der Waals surface area contributed by atoms with Crippen molar-refractivity contribution in [1.82, 2.24) is 19.9 Å². The summed E-state index contributed by atoms with van der Waals surface area (Å²) in [7, 11) is 0. The number of nitrogens with zero attached hydrogens (tertiary/aromatic N) is 3. The Bertz CT molecular complexity index is 1040. The van der Waals surface area contributed by atoms with Crippen LogP contribution in [-0.2, 0) is 0 Å². The Morgan fingerprint density at radius 2 is 1.46 bits per heavy atom. The maximum absolute atomic E-state index is 5.71. The van der Waals surface area contributed by atoms with Crippen LogP contribution in [0.5, 0.6) is 0 Å². The molecule has 0 aliphatic carbocycles. The standard InChI is InChI=1S/C8H4Cl2N2.C8H5ClN2S/c9-7-2-1-5-4-11-8(10)3-6(5)12-7;9-7-3-6-5(4-10-7)1-2-8(12)11-6/h1-4H;1-4H,(H,11,12). The molecule has 0 amide bonds. The zero-order chi connectivity index (χ0) is 17.1. The van der Waals surface area contributed by atoms with E-state index in [0.29, 0.717) is 20.1 Å². The van der Waals surface area contributed by atoms with E-state index in [-0.39, 0.29) is 0 Å². The number of fused-ring (bicyclic) bond motifs is 2. The lowest BCUT2D eigenvalue weighted by atomic mass is 10.3. The Labute approximate surface area is 157 Å². The molecule has 4 heterocycles. The lowest BCUT2D eigenvalue weighted by Gasteiger charge is -1.96. The molecular weight excluding hydrogens is 387 g/mol. The summed E-state index contributed by atoms with van der Waals surface area (Å²) in [6.07, 6.45) is 3.38. The molecule has 0 aliphatic heterocycles. The molecule has 0 radical (unpaired) electrons. The Morgan fingerprint density at radius 3 is 2.25 bits per heavy atom. The van der Waals surface area contributed by atoms with Gasteiger partial charge in [-0.15, -0.1) is 0 Å². The van der Waals surface area contributed by atoms with Crippen molar-refractivity contribution in [3.8, 4) is 0 Å². The summed E-state index contributed by atoms with van der Waals surface area (Å²) < 4.78 is 0.699. The van der Waals surface area contributed by atoms with Gasteiger partial charge in [0.25, 0.3) is 0 Å². The third kappa shape index (κ3) is 4.19. The zero-order valence-electron chi connectivity index (χ0n) is 12.0. The second kappa shape index (κ2) is 7.40. The van der Waals surface area contributed by atoms with Crippen LogP contribution in [0.25, 0.3) is 21.8 Å². The summed E-state index contributed by atoms with van der Waals surface area (Å²) in [5.74, 6) is 0. The van der Waals surface area contributed by atoms with Crippen LogP contribution in [0.2, 0.25) is 15.5 Å². The minimum Gasteiger partial charge on any atom is -0.346 e. The Hall–Kier alpha value is -1.79. The third-order valence-electron chi connectivity index (χ3n) is 3.08. The van der Waals surface area contributed by atoms with Crippen LogP contribution < -0.4 is 0 Å². The van der Waals surface area contributed by atoms with Gasteiger partial charge in [0, 0.05) is 29.2 Å². The monoisotopic (exact) mass is 394 g/mol. The Kier molecular flexibility index (Phi) is 5.26. The fourth-order valence-electron chi connectivity index (χ4n) is 1.99. The zero-order valence-corrected chi connectivity index (χ0v) is 15.1. The summed E-state index contributed by atoms with van der Waals surface area (Å²) in [5, 5.41) is 3.30. The average molecular weight is 396 g/mol. The van der Waals surface area contributed by atoms with Gasteiger partial charge in [-0.25, -0.2) is 15.0 Å². The summed E-state index contributed by atoms with van der Waals surface area (Å²) in [5.41, 5.74) is 1.69. The van der Waals surface area contributed by atoms with Gasteiger partial charge in [-0.1, -0.05) is 47.0 Å². The van der Waals surface area contributed by atoms with E-state index in [4.69, 9.17) is 47.0 Å². The summed E-state index contributed by atoms with van der Waals surface area (Å²) in [4.78, 5) is 15.0. The molecule has 4 nitrogen and oxygen atoms in total. The van der Waals surface area contributed by atoms with Crippen molar-refractivity contribution in [1.29, 1.82) is 0 Å². The van der Waals surface area contributed by atoms with Crippen molar-refractivity contribution < 1.29 is 0 Å². The highest BCUT2D eigenvalue weighted by Gasteiger charge is 1.97. The minimum absolute atomic E-state index is 0.428. The van der Waals surface area contributed by atoms with Crippen molar-refractivity contribution in [3.05, 3.63) is 68.9 Å². The molecule has 0 bridgehead atoms. The van der Waals surface area contributed by atoms with Crippen LogP contribution in [0, 0.1) is 4.64 Å². The Balaban J connectivity index is 0.000000141. The fraction of sp³-hybridized carbons (Fsp3) is 0. The molecular formula is C16H9Cl3N4S. The average Bonchev–Trinajstić information content (AvgIpc) is 2.54. The van der Waals surface area contributed by atoms with Gasteiger partial charge >= 0.3 is 0 Å². The van der Waals surface area contributed by atoms with Crippen LogP contribution in [0.15, 0.2) is 48.8 Å². The second-order valence-electron chi connectivity index (χ2n) is 4.75. The molecule has 0 unspecified atom stereocenters. The molecule has 24 heavy (non-hydrogen) atoms. The molecule has 0 spiro atoms. The molecule has 0 saturated carbocycles. The van der Waals surface area contributed by atoms with Gasteiger partial charge in [0.2, 0.25) is 0 Å². The molecule has 4 aromatic rings. The minimum atomic E-state index is 0.428. The van der Waals surface area contributed by atoms with Crippen LogP contribution in [0.4, 0.5) is 0 Å². The first-order valence-corrected chi connectivity index (χ1v) is 8.28. The van der Waals surface area contributed by atoms with Gasteiger partial charge in [0.1, 0.15) is 20.1 Å². The first-order chi connectivity index (χ1) is 11.5. The number of pyridine rings is 4. The second-order valence-corrected chi connectivity index (χ2v) is 6.35. The van der Waals surface area contributed by atoms with Gasteiger partial charge < -0.3 is 4.98 Å². The van der Waals surface area contributed by atoms with E-state index in [1.54, 1.807) is 30.6 Å². The SMILES string of the molecule is Clc1cc2nc(Cl)ccc2cn1.S=c1ccc2cnc(Cl)cc2[nH]1. The van der Waals surface area contributed by atoms with Gasteiger partial charge in [-0.2, -0.15) is 0 Å². The van der Waals surface area contributed by atoms with Crippen molar-refractivity contribution in [2.45, 2.75) is 0 Å². The lowest BCUT2D eigenvalue weighted by molar-refractivity contribution is 1.31. The highest BCUT2D eigenvalue weighted by molar-refractivity contribution is 7.71. The van der Waals surface area contributed by atoms with E-state index in [0.717, 1.165) is 21.8 Å². The molecule has 120 valence electrons. The highest BCUT2D eigenvalue weighted by atomic mass is 35.5. The predicted molar refractivity (Wildman–Crippen MR) is 101 cm³/mol. The molecule has 0 atom stereocenters. The maximum Gasteiger partial charge on any atom is 0.131 e. The topological polar surface area (TPSA) is 54.5 Å². The molecule has 0 aliphatic rings.